The lowest BCUT2D eigenvalue weighted by molar-refractivity contribution is -0.896. The van der Waals surface area contributed by atoms with Gasteiger partial charge in [0, 0.05) is 11.6 Å². The van der Waals surface area contributed by atoms with Crippen molar-refractivity contribution in [2.45, 2.75) is 39.3 Å². The third-order valence-electron chi connectivity index (χ3n) is 5.78. The first-order chi connectivity index (χ1) is 14.5. The van der Waals surface area contributed by atoms with E-state index in [1.807, 2.05) is 30.9 Å². The second-order valence-corrected chi connectivity index (χ2v) is 8.18. The molecule has 1 aromatic heterocycles. The van der Waals surface area contributed by atoms with Gasteiger partial charge in [-0.25, -0.2) is 0 Å². The summed E-state index contributed by atoms with van der Waals surface area (Å²) in [6.07, 6.45) is 2.21. The first-order valence-corrected chi connectivity index (χ1v) is 10.6. The van der Waals surface area contributed by atoms with Crippen molar-refractivity contribution in [1.29, 1.82) is 0 Å². The van der Waals surface area contributed by atoms with E-state index in [9.17, 15) is 9.59 Å². The molecule has 0 atom stereocenters. The number of piperazine rings is 1. The van der Waals surface area contributed by atoms with Crippen LogP contribution in [-0.4, -0.2) is 60.6 Å². The van der Waals surface area contributed by atoms with Crippen LogP contribution < -0.4 is 15.0 Å². The van der Waals surface area contributed by atoms with Gasteiger partial charge in [0.2, 0.25) is 0 Å². The van der Waals surface area contributed by atoms with Gasteiger partial charge in [-0.3, -0.25) is 9.59 Å². The molecule has 8 nitrogen and oxygen atoms in total. The van der Waals surface area contributed by atoms with Crippen molar-refractivity contribution < 1.29 is 23.7 Å². The Morgan fingerprint density at radius 1 is 1.20 bits per heavy atom. The molecule has 2 fully saturated rings. The number of carbonyl (C=O) groups excluding carboxylic acids is 2. The predicted molar refractivity (Wildman–Crippen MR) is 109 cm³/mol. The Labute approximate surface area is 176 Å². The molecule has 0 spiro atoms. The Bertz CT molecular complexity index is 877. The zero-order valence-corrected chi connectivity index (χ0v) is 17.6. The molecule has 2 aromatic rings. The van der Waals surface area contributed by atoms with Crippen LogP contribution >= 0.6 is 0 Å². The summed E-state index contributed by atoms with van der Waals surface area (Å²) in [5, 5.41) is 6.96. The molecule has 30 heavy (non-hydrogen) atoms. The predicted octanol–water partition coefficient (Wildman–Crippen LogP) is 0.490. The van der Waals surface area contributed by atoms with Gasteiger partial charge in [-0.1, -0.05) is 5.16 Å². The fourth-order valence-corrected chi connectivity index (χ4v) is 3.68. The van der Waals surface area contributed by atoms with Gasteiger partial charge in [0.1, 0.15) is 18.1 Å². The standard InChI is InChI=1S/C22H28N4O4/c1-15-20(16(2)30-24-15)14-29-19-7-3-17(4-8-19)22(28)26-11-9-25(10-12-26)13-21(27)23-18-5-6-18/h3-4,7-8,18H,5-6,9-14H2,1-2H3,(H,23,27)/p+1. The summed E-state index contributed by atoms with van der Waals surface area (Å²) in [5.74, 6) is 1.60. The maximum absolute atomic E-state index is 12.8. The monoisotopic (exact) mass is 413 g/mol. The summed E-state index contributed by atoms with van der Waals surface area (Å²) in [6.45, 7) is 7.54. The van der Waals surface area contributed by atoms with Crippen LogP contribution in [0.5, 0.6) is 5.75 Å². The highest BCUT2D eigenvalue weighted by Crippen LogP contribution is 2.19. The molecule has 4 rings (SSSR count). The highest BCUT2D eigenvalue weighted by Gasteiger charge is 2.28. The van der Waals surface area contributed by atoms with Crippen molar-refractivity contribution in [2.24, 2.45) is 0 Å². The number of hydrogen-bond donors (Lipinski definition) is 2. The number of aromatic nitrogens is 1. The maximum Gasteiger partial charge on any atom is 0.275 e. The number of benzene rings is 1. The number of quaternary nitrogens is 1. The number of ether oxygens (including phenoxy) is 1. The number of amides is 2. The Kier molecular flexibility index (Phi) is 6.03. The molecule has 1 aliphatic heterocycles. The third-order valence-corrected chi connectivity index (χ3v) is 5.78. The molecule has 0 bridgehead atoms. The van der Waals surface area contributed by atoms with Gasteiger partial charge in [0.05, 0.1) is 37.4 Å². The fraction of sp³-hybridized carbons (Fsp3) is 0.500. The SMILES string of the molecule is Cc1noc(C)c1COc1ccc(C(=O)N2CC[NH+](CC(=O)NC3CC3)CC2)cc1. The van der Waals surface area contributed by atoms with E-state index >= 15 is 0 Å². The highest BCUT2D eigenvalue weighted by atomic mass is 16.5. The van der Waals surface area contributed by atoms with E-state index in [2.05, 4.69) is 10.5 Å². The van der Waals surface area contributed by atoms with Crippen LogP contribution in [0.15, 0.2) is 28.8 Å². The minimum Gasteiger partial charge on any atom is -0.489 e. The molecular weight excluding hydrogens is 384 g/mol. The van der Waals surface area contributed by atoms with Crippen LogP contribution in [0.25, 0.3) is 0 Å². The molecule has 2 heterocycles. The highest BCUT2D eigenvalue weighted by molar-refractivity contribution is 5.94. The zero-order chi connectivity index (χ0) is 21.1. The number of nitrogens with one attached hydrogen (secondary N) is 2. The first-order valence-electron chi connectivity index (χ1n) is 10.6. The van der Waals surface area contributed by atoms with Gasteiger partial charge in [0.25, 0.3) is 11.8 Å². The van der Waals surface area contributed by atoms with E-state index in [4.69, 9.17) is 9.26 Å². The smallest absolute Gasteiger partial charge is 0.275 e. The summed E-state index contributed by atoms with van der Waals surface area (Å²) in [4.78, 5) is 27.9. The minimum atomic E-state index is 0.0220. The maximum atomic E-state index is 12.8. The van der Waals surface area contributed by atoms with Gasteiger partial charge in [-0.2, -0.15) is 0 Å². The number of rotatable bonds is 7. The van der Waals surface area contributed by atoms with E-state index in [1.54, 1.807) is 12.1 Å². The second-order valence-electron chi connectivity index (χ2n) is 8.18. The lowest BCUT2D eigenvalue weighted by atomic mass is 10.1. The van der Waals surface area contributed by atoms with Crippen molar-refractivity contribution in [3.63, 3.8) is 0 Å². The lowest BCUT2D eigenvalue weighted by Gasteiger charge is -2.32. The fourth-order valence-electron chi connectivity index (χ4n) is 3.68. The van der Waals surface area contributed by atoms with Crippen LogP contribution in [0.3, 0.4) is 0 Å². The van der Waals surface area contributed by atoms with Gasteiger partial charge in [-0.05, 0) is 51.0 Å². The van der Waals surface area contributed by atoms with Crippen molar-refractivity contribution in [1.82, 2.24) is 15.4 Å². The lowest BCUT2D eigenvalue weighted by Crippen LogP contribution is -3.15. The molecule has 2 amide bonds. The average molecular weight is 413 g/mol. The van der Waals surface area contributed by atoms with E-state index in [1.165, 1.54) is 4.90 Å². The van der Waals surface area contributed by atoms with Crippen molar-refractivity contribution >= 4 is 11.8 Å². The summed E-state index contributed by atoms with van der Waals surface area (Å²) >= 11 is 0. The molecule has 1 aliphatic carbocycles. The molecule has 2 N–H and O–H groups in total. The molecule has 1 saturated carbocycles. The summed E-state index contributed by atoms with van der Waals surface area (Å²) in [7, 11) is 0. The van der Waals surface area contributed by atoms with Gasteiger partial charge >= 0.3 is 0 Å². The van der Waals surface area contributed by atoms with E-state index in [-0.39, 0.29) is 11.8 Å². The number of carbonyl (C=O) groups is 2. The summed E-state index contributed by atoms with van der Waals surface area (Å²) in [6, 6.07) is 7.63. The molecule has 1 aromatic carbocycles. The Hall–Kier alpha value is -2.87. The van der Waals surface area contributed by atoms with Crippen LogP contribution in [0, 0.1) is 13.8 Å². The number of hydrogen-bond acceptors (Lipinski definition) is 5. The van der Waals surface area contributed by atoms with Crippen molar-refractivity contribution in [3.8, 4) is 5.75 Å². The zero-order valence-electron chi connectivity index (χ0n) is 17.6. The summed E-state index contributed by atoms with van der Waals surface area (Å²) < 4.78 is 11.0. The van der Waals surface area contributed by atoms with Gasteiger partial charge < -0.3 is 24.4 Å². The second kappa shape index (κ2) is 8.87. The average Bonchev–Trinajstić information content (AvgIpc) is 3.50. The Morgan fingerprint density at radius 3 is 2.50 bits per heavy atom. The quantitative estimate of drug-likeness (QED) is 0.690. The van der Waals surface area contributed by atoms with Gasteiger partial charge in [0.15, 0.2) is 6.54 Å². The Morgan fingerprint density at radius 2 is 1.90 bits per heavy atom. The molecule has 0 unspecified atom stereocenters. The molecule has 1 saturated heterocycles. The molecular formula is C22H29N4O4+. The van der Waals surface area contributed by atoms with E-state index in [0.29, 0.717) is 43.6 Å². The van der Waals surface area contributed by atoms with E-state index in [0.717, 1.165) is 42.9 Å². The molecule has 160 valence electrons. The van der Waals surface area contributed by atoms with Crippen molar-refractivity contribution in [2.75, 3.05) is 32.7 Å². The van der Waals surface area contributed by atoms with Crippen LogP contribution in [0.2, 0.25) is 0 Å². The summed E-state index contributed by atoms with van der Waals surface area (Å²) in [5.41, 5.74) is 2.42. The van der Waals surface area contributed by atoms with Crippen LogP contribution in [0.1, 0.15) is 40.2 Å². The Balaban J connectivity index is 1.25. The van der Waals surface area contributed by atoms with E-state index < -0.39 is 0 Å². The van der Waals surface area contributed by atoms with Gasteiger partial charge in [-0.15, -0.1) is 0 Å². The largest absolute Gasteiger partial charge is 0.489 e. The topological polar surface area (TPSA) is 89.1 Å². The molecule has 0 radical (unpaired) electrons. The third kappa shape index (κ3) is 4.99. The molecule has 8 heteroatoms. The molecule has 2 aliphatic rings. The van der Waals surface area contributed by atoms with Crippen LogP contribution in [-0.2, 0) is 11.4 Å². The number of nitrogens with zero attached hydrogens (tertiary/aromatic N) is 2. The van der Waals surface area contributed by atoms with Crippen molar-refractivity contribution in [3.05, 3.63) is 46.8 Å². The first kappa shape index (κ1) is 20.4. The minimum absolute atomic E-state index is 0.0220. The van der Waals surface area contributed by atoms with Crippen LogP contribution in [0.4, 0.5) is 0 Å². The number of aryl methyl sites for hydroxylation is 2. The normalized spacial score (nSPS) is 17.1.